The third kappa shape index (κ3) is 17.9. The topological polar surface area (TPSA) is 149 Å². The van der Waals surface area contributed by atoms with Gasteiger partial charge in [0, 0.05) is 6.42 Å². The fourth-order valence-electron chi connectivity index (χ4n) is 4.69. The Labute approximate surface area is 259 Å². The number of hydrogen-bond acceptors (Lipinski definition) is 8. The molecule has 1 aliphatic heterocycles. The number of unbranched alkanes of at least 4 members (excludes halogenated alkanes) is 8. The highest BCUT2D eigenvalue weighted by molar-refractivity contribution is 5.76. The van der Waals surface area contributed by atoms with Crippen LogP contribution in [0, 0.1) is 0 Å². The summed E-state index contributed by atoms with van der Waals surface area (Å²) in [6, 6.07) is -0.809. The van der Waals surface area contributed by atoms with E-state index in [1.165, 1.54) is 0 Å². The van der Waals surface area contributed by atoms with Gasteiger partial charge in [-0.2, -0.15) is 0 Å². The first-order chi connectivity index (χ1) is 20.8. The molecule has 1 fully saturated rings. The van der Waals surface area contributed by atoms with Crippen molar-refractivity contribution in [2.75, 3.05) is 13.2 Å². The minimum Gasteiger partial charge on any atom is -0.394 e. The van der Waals surface area contributed by atoms with E-state index in [0.29, 0.717) is 6.42 Å². The molecule has 43 heavy (non-hydrogen) atoms. The van der Waals surface area contributed by atoms with Crippen LogP contribution < -0.4 is 5.32 Å². The van der Waals surface area contributed by atoms with Gasteiger partial charge in [-0.15, -0.1) is 0 Å². The van der Waals surface area contributed by atoms with Crippen LogP contribution in [-0.4, -0.2) is 87.5 Å². The maximum Gasteiger partial charge on any atom is 0.220 e. The molecule has 0 aromatic heterocycles. The number of amides is 1. The first-order valence-electron chi connectivity index (χ1n) is 16.4. The quantitative estimate of drug-likeness (QED) is 0.0698. The van der Waals surface area contributed by atoms with E-state index in [-0.39, 0.29) is 12.5 Å². The summed E-state index contributed by atoms with van der Waals surface area (Å²) in [4.78, 5) is 12.7. The van der Waals surface area contributed by atoms with E-state index >= 15 is 0 Å². The predicted molar refractivity (Wildman–Crippen MR) is 170 cm³/mol. The summed E-state index contributed by atoms with van der Waals surface area (Å²) in [6.45, 7) is 3.48. The van der Waals surface area contributed by atoms with Crippen molar-refractivity contribution < 1.29 is 39.8 Å². The summed E-state index contributed by atoms with van der Waals surface area (Å²) in [6.07, 6.45) is 22.0. The molecule has 9 nitrogen and oxygen atoms in total. The predicted octanol–water partition coefficient (Wildman–Crippen LogP) is 4.37. The molecule has 0 aromatic carbocycles. The highest BCUT2D eigenvalue weighted by Gasteiger charge is 2.44. The van der Waals surface area contributed by atoms with Gasteiger partial charge in [0.05, 0.1) is 25.4 Å². The van der Waals surface area contributed by atoms with E-state index in [1.54, 1.807) is 6.08 Å². The van der Waals surface area contributed by atoms with E-state index in [2.05, 4.69) is 55.6 Å². The number of carbonyl (C=O) groups is 1. The standard InChI is InChI=1S/C34H59NO8/c1-3-5-7-9-10-11-12-13-14-15-16-17-18-20-22-24-30(38)35-27(28(37)23-21-19-8-6-4-2)26-42-34-33(41)32(40)31(39)29(25-36)43-34/h5,7,10-11,13-14,21,23,27-29,31-34,36-37,39-41H,3-4,6,8-9,12,15-20,22,24-26H2,1-2H3,(H,35,38)/b7-5-,11-10-,14-13-,23-21+. The summed E-state index contributed by atoms with van der Waals surface area (Å²) < 4.78 is 11.0. The van der Waals surface area contributed by atoms with Crippen LogP contribution in [0.15, 0.2) is 48.6 Å². The number of carbonyl (C=O) groups excluding carboxylic acids is 1. The van der Waals surface area contributed by atoms with Crippen LogP contribution in [0.2, 0.25) is 0 Å². The molecule has 6 N–H and O–H groups in total. The second-order valence-electron chi connectivity index (χ2n) is 11.2. The highest BCUT2D eigenvalue weighted by Crippen LogP contribution is 2.22. The average Bonchev–Trinajstić information content (AvgIpc) is 3.00. The molecule has 0 saturated carbocycles. The minimum atomic E-state index is -1.57. The van der Waals surface area contributed by atoms with E-state index in [1.807, 2.05) is 6.08 Å². The van der Waals surface area contributed by atoms with Gasteiger partial charge in [0.1, 0.15) is 24.4 Å². The lowest BCUT2D eigenvalue weighted by Crippen LogP contribution is -2.60. The number of nitrogens with one attached hydrogen (secondary N) is 1. The summed E-state index contributed by atoms with van der Waals surface area (Å²) in [5, 5.41) is 53.3. The molecule has 1 amide bonds. The van der Waals surface area contributed by atoms with Gasteiger partial charge in [-0.05, 0) is 51.4 Å². The minimum absolute atomic E-state index is 0.200. The number of ether oxygens (including phenoxy) is 2. The van der Waals surface area contributed by atoms with Gasteiger partial charge in [-0.1, -0.05) is 94.6 Å². The van der Waals surface area contributed by atoms with Crippen LogP contribution in [0.5, 0.6) is 0 Å². The van der Waals surface area contributed by atoms with Gasteiger partial charge >= 0.3 is 0 Å². The van der Waals surface area contributed by atoms with Crippen LogP contribution in [0.1, 0.15) is 104 Å². The Morgan fingerprint density at radius 1 is 0.814 bits per heavy atom. The fraction of sp³-hybridized carbons (Fsp3) is 0.735. The summed E-state index contributed by atoms with van der Waals surface area (Å²) in [5.41, 5.74) is 0. The van der Waals surface area contributed by atoms with Gasteiger partial charge in [0.2, 0.25) is 5.91 Å². The van der Waals surface area contributed by atoms with Crippen molar-refractivity contribution >= 4 is 5.91 Å². The molecule has 0 radical (unpaired) electrons. The Hall–Kier alpha value is -1.85. The summed E-state index contributed by atoms with van der Waals surface area (Å²) in [7, 11) is 0. The van der Waals surface area contributed by atoms with Crippen molar-refractivity contribution in [1.82, 2.24) is 5.32 Å². The Morgan fingerprint density at radius 3 is 2.14 bits per heavy atom. The van der Waals surface area contributed by atoms with Crippen LogP contribution in [0.3, 0.4) is 0 Å². The Kier molecular flexibility index (Phi) is 23.2. The second kappa shape index (κ2) is 25.5. The van der Waals surface area contributed by atoms with Gasteiger partial charge in [0.25, 0.3) is 0 Å². The third-order valence-corrected chi connectivity index (χ3v) is 7.41. The molecule has 1 aliphatic rings. The molecule has 1 saturated heterocycles. The molecule has 1 rings (SSSR count). The number of aliphatic hydroxyl groups excluding tert-OH is 5. The smallest absolute Gasteiger partial charge is 0.220 e. The largest absolute Gasteiger partial charge is 0.394 e. The van der Waals surface area contributed by atoms with Crippen molar-refractivity contribution in [2.24, 2.45) is 0 Å². The molecule has 7 unspecified atom stereocenters. The zero-order valence-electron chi connectivity index (χ0n) is 26.4. The molecule has 0 bridgehead atoms. The Bertz CT molecular complexity index is 812. The number of allylic oxidation sites excluding steroid dienone is 7. The molecule has 1 heterocycles. The highest BCUT2D eigenvalue weighted by atomic mass is 16.7. The SMILES string of the molecule is CC/C=C\C/C=C\C/C=C\CCCCCCCC(=O)NC(COC1OC(CO)C(O)C(O)C1O)C(O)/C=C/CCCCC. The number of rotatable bonds is 24. The molecule has 0 aromatic rings. The van der Waals surface area contributed by atoms with E-state index in [0.717, 1.165) is 83.5 Å². The summed E-state index contributed by atoms with van der Waals surface area (Å²) >= 11 is 0. The third-order valence-electron chi connectivity index (χ3n) is 7.41. The van der Waals surface area contributed by atoms with Gasteiger partial charge in [0.15, 0.2) is 6.29 Å². The maximum atomic E-state index is 12.7. The van der Waals surface area contributed by atoms with Gasteiger partial charge in [-0.25, -0.2) is 0 Å². The van der Waals surface area contributed by atoms with Crippen LogP contribution in [0.4, 0.5) is 0 Å². The van der Waals surface area contributed by atoms with Crippen LogP contribution >= 0.6 is 0 Å². The van der Waals surface area contributed by atoms with Gasteiger partial charge in [-0.3, -0.25) is 4.79 Å². The average molecular weight is 610 g/mol. The second-order valence-corrected chi connectivity index (χ2v) is 11.2. The van der Waals surface area contributed by atoms with E-state index < -0.39 is 49.5 Å². The molecular formula is C34H59NO8. The van der Waals surface area contributed by atoms with Crippen LogP contribution in [-0.2, 0) is 14.3 Å². The lowest BCUT2D eigenvalue weighted by molar-refractivity contribution is -0.302. The Balaban J connectivity index is 2.44. The zero-order chi connectivity index (χ0) is 31.7. The zero-order valence-corrected chi connectivity index (χ0v) is 26.4. The molecule has 248 valence electrons. The first kappa shape index (κ1) is 39.2. The summed E-state index contributed by atoms with van der Waals surface area (Å²) in [5.74, 6) is -0.206. The van der Waals surface area contributed by atoms with Crippen LogP contribution in [0.25, 0.3) is 0 Å². The monoisotopic (exact) mass is 609 g/mol. The molecule has 0 spiro atoms. The first-order valence-corrected chi connectivity index (χ1v) is 16.4. The maximum absolute atomic E-state index is 12.7. The molecular weight excluding hydrogens is 550 g/mol. The fourth-order valence-corrected chi connectivity index (χ4v) is 4.69. The van der Waals surface area contributed by atoms with Gasteiger partial charge < -0.3 is 40.3 Å². The number of aliphatic hydroxyl groups is 5. The van der Waals surface area contributed by atoms with E-state index in [4.69, 9.17) is 9.47 Å². The van der Waals surface area contributed by atoms with Crippen molar-refractivity contribution in [3.8, 4) is 0 Å². The Morgan fingerprint density at radius 2 is 1.44 bits per heavy atom. The van der Waals surface area contributed by atoms with E-state index in [9.17, 15) is 30.3 Å². The van der Waals surface area contributed by atoms with Crippen molar-refractivity contribution in [3.05, 3.63) is 48.6 Å². The van der Waals surface area contributed by atoms with Crippen molar-refractivity contribution in [2.45, 2.75) is 147 Å². The van der Waals surface area contributed by atoms with Crippen molar-refractivity contribution in [3.63, 3.8) is 0 Å². The van der Waals surface area contributed by atoms with Crippen molar-refractivity contribution in [1.29, 1.82) is 0 Å². The number of hydrogen-bond donors (Lipinski definition) is 6. The normalized spacial score (nSPS) is 24.5. The molecule has 0 aliphatic carbocycles. The lowest BCUT2D eigenvalue weighted by Gasteiger charge is -2.40. The molecule has 7 atom stereocenters. The lowest BCUT2D eigenvalue weighted by atomic mass is 9.99. The molecule has 9 heteroatoms.